The second kappa shape index (κ2) is 4.75. The van der Waals surface area contributed by atoms with Crippen molar-refractivity contribution in [3.05, 3.63) is 44.9 Å². The second-order valence-corrected chi connectivity index (χ2v) is 4.20. The van der Waals surface area contributed by atoms with Gasteiger partial charge in [-0.25, -0.2) is 4.98 Å². The lowest BCUT2D eigenvalue weighted by Crippen LogP contribution is -2.09. The number of nitrogens with zero attached hydrogens (tertiary/aromatic N) is 4. The lowest BCUT2D eigenvalue weighted by atomic mass is 10.3. The molecule has 0 amide bonds. The zero-order valence-electron chi connectivity index (χ0n) is 9.85. The van der Waals surface area contributed by atoms with Crippen LogP contribution in [0.1, 0.15) is 11.3 Å². The Labute approximate surface area is 114 Å². The van der Waals surface area contributed by atoms with Crippen molar-refractivity contribution in [2.45, 2.75) is 13.1 Å². The molecular formula is C10H6ClF3N4O2. The van der Waals surface area contributed by atoms with Gasteiger partial charge < -0.3 is 0 Å². The average molecular weight is 307 g/mol. The van der Waals surface area contributed by atoms with E-state index < -0.39 is 27.6 Å². The summed E-state index contributed by atoms with van der Waals surface area (Å²) >= 11 is 5.64. The van der Waals surface area contributed by atoms with Crippen LogP contribution in [0.4, 0.5) is 18.9 Å². The van der Waals surface area contributed by atoms with Crippen molar-refractivity contribution in [3.8, 4) is 5.82 Å². The smallest absolute Gasteiger partial charge is 0.258 e. The summed E-state index contributed by atoms with van der Waals surface area (Å²) < 4.78 is 38.8. The summed E-state index contributed by atoms with van der Waals surface area (Å²) in [6.45, 7) is 1.68. The third-order valence-corrected chi connectivity index (χ3v) is 2.71. The molecule has 6 nitrogen and oxygen atoms in total. The molecule has 0 aliphatic carbocycles. The molecule has 2 aromatic rings. The monoisotopic (exact) mass is 306 g/mol. The summed E-state index contributed by atoms with van der Waals surface area (Å²) in [7, 11) is 0. The lowest BCUT2D eigenvalue weighted by molar-refractivity contribution is -0.388. The Balaban J connectivity index is 2.71. The molecule has 0 spiro atoms. The first-order chi connectivity index (χ1) is 9.21. The average Bonchev–Trinajstić information content (AvgIpc) is 2.66. The molecule has 0 radical (unpaired) electrons. The molecule has 2 rings (SSSR count). The summed E-state index contributed by atoms with van der Waals surface area (Å²) in [5.74, 6) is -0.0337. The van der Waals surface area contributed by atoms with Crippen LogP contribution in [0.15, 0.2) is 18.3 Å². The van der Waals surface area contributed by atoms with Crippen molar-refractivity contribution in [1.29, 1.82) is 0 Å². The summed E-state index contributed by atoms with van der Waals surface area (Å²) in [4.78, 5) is 13.3. The fourth-order valence-electron chi connectivity index (χ4n) is 1.53. The van der Waals surface area contributed by atoms with E-state index in [4.69, 9.17) is 11.6 Å². The fraction of sp³-hybridized carbons (Fsp3) is 0.200. The summed E-state index contributed by atoms with van der Waals surface area (Å²) in [5.41, 5.74) is -2.25. The standard InChI is InChI=1S/C10H6ClF3N4O2/c1-5-2-3-15-6(4-5)17-9(11)7(18(19)20)8(16-17)10(12,13)14/h2-4H,1H3. The van der Waals surface area contributed by atoms with Gasteiger partial charge >= 0.3 is 11.9 Å². The van der Waals surface area contributed by atoms with Crippen molar-refractivity contribution < 1.29 is 18.1 Å². The predicted molar refractivity (Wildman–Crippen MR) is 62.8 cm³/mol. The van der Waals surface area contributed by atoms with Crippen molar-refractivity contribution in [2.75, 3.05) is 0 Å². The van der Waals surface area contributed by atoms with E-state index in [1.54, 1.807) is 13.0 Å². The summed E-state index contributed by atoms with van der Waals surface area (Å²) in [6, 6.07) is 3.02. The number of nitro groups is 1. The van der Waals surface area contributed by atoms with E-state index in [0.717, 1.165) is 0 Å². The van der Waals surface area contributed by atoms with Gasteiger partial charge in [-0.3, -0.25) is 10.1 Å². The van der Waals surface area contributed by atoms with Crippen LogP contribution < -0.4 is 0 Å². The highest BCUT2D eigenvalue weighted by atomic mass is 35.5. The number of pyridine rings is 1. The first kappa shape index (κ1) is 14.3. The Morgan fingerprint density at radius 3 is 2.55 bits per heavy atom. The highest BCUT2D eigenvalue weighted by Crippen LogP contribution is 2.40. The number of hydrogen-bond acceptors (Lipinski definition) is 4. The van der Waals surface area contributed by atoms with Gasteiger partial charge in [-0.05, 0) is 24.6 Å². The van der Waals surface area contributed by atoms with E-state index in [1.165, 1.54) is 12.3 Å². The number of halogens is 4. The largest absolute Gasteiger partial charge is 0.442 e. The topological polar surface area (TPSA) is 73.8 Å². The molecule has 20 heavy (non-hydrogen) atoms. The van der Waals surface area contributed by atoms with Crippen LogP contribution >= 0.6 is 11.6 Å². The normalized spacial score (nSPS) is 11.7. The highest BCUT2D eigenvalue weighted by molar-refractivity contribution is 6.32. The third kappa shape index (κ3) is 2.44. The molecule has 2 heterocycles. The van der Waals surface area contributed by atoms with Crippen LogP contribution in [0.2, 0.25) is 5.15 Å². The summed E-state index contributed by atoms with van der Waals surface area (Å²) in [6.07, 6.45) is -3.65. The third-order valence-electron chi connectivity index (χ3n) is 2.37. The van der Waals surface area contributed by atoms with Crippen LogP contribution in [0.3, 0.4) is 0 Å². The van der Waals surface area contributed by atoms with Gasteiger partial charge in [-0.1, -0.05) is 11.6 Å². The van der Waals surface area contributed by atoms with Gasteiger partial charge in [0.05, 0.1) is 4.92 Å². The van der Waals surface area contributed by atoms with Crippen LogP contribution in [0.25, 0.3) is 5.82 Å². The maximum absolute atomic E-state index is 12.7. The molecule has 0 atom stereocenters. The highest BCUT2D eigenvalue weighted by Gasteiger charge is 2.45. The Kier molecular flexibility index (Phi) is 3.38. The SMILES string of the molecule is Cc1ccnc(-n2nc(C(F)(F)F)c([N+](=O)[O-])c2Cl)c1. The van der Waals surface area contributed by atoms with Gasteiger partial charge in [0.25, 0.3) is 0 Å². The molecule has 0 aliphatic rings. The van der Waals surface area contributed by atoms with Crippen LogP contribution in [0.5, 0.6) is 0 Å². The summed E-state index contributed by atoms with van der Waals surface area (Å²) in [5, 5.41) is 13.2. The van der Waals surface area contributed by atoms with Gasteiger partial charge in [0, 0.05) is 6.20 Å². The van der Waals surface area contributed by atoms with Gasteiger partial charge in [0.2, 0.25) is 10.8 Å². The quantitative estimate of drug-likeness (QED) is 0.631. The second-order valence-electron chi connectivity index (χ2n) is 3.85. The molecule has 0 N–H and O–H groups in total. The molecule has 0 aromatic carbocycles. The van der Waals surface area contributed by atoms with Crippen LogP contribution in [-0.2, 0) is 6.18 Å². The molecule has 0 saturated carbocycles. The van der Waals surface area contributed by atoms with Crippen LogP contribution in [-0.4, -0.2) is 19.7 Å². The van der Waals surface area contributed by atoms with E-state index in [0.29, 0.717) is 10.2 Å². The number of hydrogen-bond donors (Lipinski definition) is 0. The van der Waals surface area contributed by atoms with Crippen molar-refractivity contribution in [3.63, 3.8) is 0 Å². The van der Waals surface area contributed by atoms with Crippen LogP contribution in [0, 0.1) is 17.0 Å². The van der Waals surface area contributed by atoms with Gasteiger partial charge in [-0.2, -0.15) is 23.0 Å². The first-order valence-electron chi connectivity index (χ1n) is 5.15. The van der Waals surface area contributed by atoms with Gasteiger partial charge in [0.1, 0.15) is 0 Å². The molecule has 0 fully saturated rings. The van der Waals surface area contributed by atoms with Crippen molar-refractivity contribution in [1.82, 2.24) is 14.8 Å². The Hall–Kier alpha value is -2.16. The zero-order chi connectivity index (χ0) is 15.1. The minimum absolute atomic E-state index is 0.0337. The van der Waals surface area contributed by atoms with Crippen molar-refractivity contribution in [2.24, 2.45) is 0 Å². The number of alkyl halides is 3. The number of aryl methyl sites for hydroxylation is 1. The molecule has 2 aromatic heterocycles. The zero-order valence-corrected chi connectivity index (χ0v) is 10.6. The maximum atomic E-state index is 12.7. The maximum Gasteiger partial charge on any atom is 0.442 e. The van der Waals surface area contributed by atoms with Gasteiger partial charge in [0.15, 0.2) is 5.82 Å². The number of aromatic nitrogens is 3. The van der Waals surface area contributed by atoms with Crippen molar-refractivity contribution >= 4 is 17.3 Å². The minimum Gasteiger partial charge on any atom is -0.258 e. The van der Waals surface area contributed by atoms with E-state index in [9.17, 15) is 23.3 Å². The first-order valence-corrected chi connectivity index (χ1v) is 5.52. The van der Waals surface area contributed by atoms with E-state index in [2.05, 4.69) is 10.1 Å². The van der Waals surface area contributed by atoms with E-state index in [-0.39, 0.29) is 5.82 Å². The van der Waals surface area contributed by atoms with E-state index in [1.807, 2.05) is 0 Å². The molecule has 0 bridgehead atoms. The Bertz CT molecular complexity index is 684. The molecule has 0 aliphatic heterocycles. The molecule has 0 saturated heterocycles. The predicted octanol–water partition coefficient (Wildman–Crippen LogP) is 3.16. The molecule has 106 valence electrons. The Morgan fingerprint density at radius 2 is 2.10 bits per heavy atom. The Morgan fingerprint density at radius 1 is 1.45 bits per heavy atom. The molecule has 10 heteroatoms. The minimum atomic E-state index is -4.99. The molecular weight excluding hydrogens is 301 g/mol. The lowest BCUT2D eigenvalue weighted by Gasteiger charge is -2.02. The van der Waals surface area contributed by atoms with Gasteiger partial charge in [-0.15, -0.1) is 0 Å². The fourth-order valence-corrected chi connectivity index (χ4v) is 1.81. The number of rotatable bonds is 2. The van der Waals surface area contributed by atoms with E-state index >= 15 is 0 Å². The molecule has 0 unspecified atom stereocenters.